The fourth-order valence-electron chi connectivity index (χ4n) is 4.73. The Labute approximate surface area is 204 Å². The predicted octanol–water partition coefficient (Wildman–Crippen LogP) is 4.19. The molecule has 7 nitrogen and oxygen atoms in total. The highest BCUT2D eigenvalue weighted by atomic mass is 32.2. The summed E-state index contributed by atoms with van der Waals surface area (Å²) in [6.45, 7) is 3.95. The standard InChI is InChI=1S/C27H25N3O4S/c1-17-11-13-20(14-12-17)35(33,34)29-28-21-9-6-10-22-24(21)25-26(23(31)15-18(2)27(25)32)30(22)16-19-7-4-3-5-8-19/h3-5,7-8,11-15,29H,6,9-10,16H2,1-2H3/b28-21+. The van der Waals surface area contributed by atoms with Crippen LogP contribution in [0.2, 0.25) is 0 Å². The number of sulfonamides is 1. The molecule has 1 N–H and O–H groups in total. The van der Waals surface area contributed by atoms with Crippen molar-refractivity contribution in [3.63, 3.8) is 0 Å². The molecule has 0 spiro atoms. The van der Waals surface area contributed by atoms with E-state index in [4.69, 9.17) is 0 Å². The molecule has 0 fully saturated rings. The lowest BCUT2D eigenvalue weighted by Crippen LogP contribution is -2.24. The third-order valence-electron chi connectivity index (χ3n) is 6.47. The minimum Gasteiger partial charge on any atom is -0.336 e. The lowest BCUT2D eigenvalue weighted by molar-refractivity contribution is 0.0979. The quantitative estimate of drug-likeness (QED) is 0.546. The Balaban J connectivity index is 1.62. The summed E-state index contributed by atoms with van der Waals surface area (Å²) in [5.41, 5.74) is 4.89. The minimum absolute atomic E-state index is 0.109. The van der Waals surface area contributed by atoms with E-state index in [0.29, 0.717) is 47.5 Å². The maximum atomic E-state index is 13.3. The van der Waals surface area contributed by atoms with E-state index in [1.54, 1.807) is 19.1 Å². The smallest absolute Gasteiger partial charge is 0.276 e. The van der Waals surface area contributed by atoms with Gasteiger partial charge in [0.05, 0.1) is 16.2 Å². The molecule has 35 heavy (non-hydrogen) atoms. The molecule has 3 aromatic rings. The number of carbonyl (C=O) groups excluding carboxylic acids is 2. The molecule has 178 valence electrons. The van der Waals surface area contributed by atoms with E-state index < -0.39 is 10.0 Å². The predicted molar refractivity (Wildman–Crippen MR) is 133 cm³/mol. The first kappa shape index (κ1) is 23.0. The summed E-state index contributed by atoms with van der Waals surface area (Å²) < 4.78 is 27.6. The topological polar surface area (TPSA) is 97.6 Å². The number of ketones is 2. The normalized spacial score (nSPS) is 16.6. The molecular weight excluding hydrogens is 462 g/mol. The number of hydrogen-bond donors (Lipinski definition) is 1. The van der Waals surface area contributed by atoms with Crippen LogP contribution < -0.4 is 4.83 Å². The zero-order valence-corrected chi connectivity index (χ0v) is 20.4. The Morgan fingerprint density at radius 1 is 0.943 bits per heavy atom. The zero-order chi connectivity index (χ0) is 24.7. The average Bonchev–Trinajstić information content (AvgIpc) is 3.17. The minimum atomic E-state index is -3.88. The van der Waals surface area contributed by atoms with Crippen LogP contribution in [0.15, 0.2) is 76.2 Å². The van der Waals surface area contributed by atoms with Gasteiger partial charge in [0.25, 0.3) is 10.0 Å². The van der Waals surface area contributed by atoms with Crippen molar-refractivity contribution < 1.29 is 18.0 Å². The molecule has 0 amide bonds. The molecule has 0 saturated heterocycles. The largest absolute Gasteiger partial charge is 0.336 e. The van der Waals surface area contributed by atoms with E-state index in [0.717, 1.165) is 23.2 Å². The van der Waals surface area contributed by atoms with Crippen LogP contribution in [0.3, 0.4) is 0 Å². The van der Waals surface area contributed by atoms with Gasteiger partial charge in [-0.3, -0.25) is 9.59 Å². The highest BCUT2D eigenvalue weighted by Gasteiger charge is 2.37. The Hall–Kier alpha value is -3.78. The molecule has 8 heteroatoms. The SMILES string of the molecule is CC1=CC(=O)c2c(c3c(n2Cc2ccccc2)CCC/C3=N\NS(=O)(=O)c2ccc(C)cc2)C1=O. The number of hydrazone groups is 1. The summed E-state index contributed by atoms with van der Waals surface area (Å²) in [6.07, 6.45) is 3.27. The van der Waals surface area contributed by atoms with E-state index in [-0.39, 0.29) is 16.5 Å². The van der Waals surface area contributed by atoms with Crippen LogP contribution >= 0.6 is 0 Å². The van der Waals surface area contributed by atoms with Gasteiger partial charge >= 0.3 is 0 Å². The highest BCUT2D eigenvalue weighted by molar-refractivity contribution is 7.89. The molecule has 0 unspecified atom stereocenters. The van der Waals surface area contributed by atoms with Crippen LogP contribution in [-0.2, 0) is 23.0 Å². The second-order valence-electron chi connectivity index (χ2n) is 8.96. The van der Waals surface area contributed by atoms with Crippen LogP contribution in [-0.4, -0.2) is 30.3 Å². The van der Waals surface area contributed by atoms with Gasteiger partial charge in [-0.2, -0.15) is 18.4 Å². The van der Waals surface area contributed by atoms with Crippen molar-refractivity contribution in [2.24, 2.45) is 5.10 Å². The van der Waals surface area contributed by atoms with Gasteiger partial charge in [0.15, 0.2) is 5.78 Å². The molecule has 0 atom stereocenters. The number of fused-ring (bicyclic) bond motifs is 3. The number of allylic oxidation sites excluding steroid dienone is 2. The van der Waals surface area contributed by atoms with Gasteiger partial charge in [-0.05, 0) is 56.9 Å². The molecule has 0 bridgehead atoms. The molecule has 2 aliphatic rings. The maximum absolute atomic E-state index is 13.3. The van der Waals surface area contributed by atoms with Crippen LogP contribution in [0.25, 0.3) is 0 Å². The zero-order valence-electron chi connectivity index (χ0n) is 19.5. The lowest BCUT2D eigenvalue weighted by Gasteiger charge is -2.18. The van der Waals surface area contributed by atoms with Crippen molar-refractivity contribution in [1.29, 1.82) is 0 Å². The molecule has 0 saturated carbocycles. The molecule has 2 aromatic carbocycles. The van der Waals surface area contributed by atoms with Gasteiger partial charge in [0.2, 0.25) is 5.78 Å². The van der Waals surface area contributed by atoms with E-state index in [1.165, 1.54) is 18.2 Å². The van der Waals surface area contributed by atoms with E-state index >= 15 is 0 Å². The molecule has 2 aliphatic carbocycles. The van der Waals surface area contributed by atoms with E-state index in [1.807, 2.05) is 41.8 Å². The fourth-order valence-corrected chi connectivity index (χ4v) is 5.56. The summed E-state index contributed by atoms with van der Waals surface area (Å²) in [4.78, 5) is 28.8. The van der Waals surface area contributed by atoms with Crippen molar-refractivity contribution in [3.05, 3.63) is 99.9 Å². The number of nitrogens with zero attached hydrogens (tertiary/aromatic N) is 2. The Morgan fingerprint density at radius 2 is 1.66 bits per heavy atom. The lowest BCUT2D eigenvalue weighted by atomic mass is 9.87. The molecule has 0 aliphatic heterocycles. The van der Waals surface area contributed by atoms with Crippen LogP contribution in [0.4, 0.5) is 0 Å². The van der Waals surface area contributed by atoms with Gasteiger partial charge < -0.3 is 4.57 Å². The number of carbonyl (C=O) groups is 2. The third-order valence-corrected chi connectivity index (χ3v) is 7.69. The maximum Gasteiger partial charge on any atom is 0.276 e. The number of benzene rings is 2. The van der Waals surface area contributed by atoms with Crippen LogP contribution in [0, 0.1) is 6.92 Å². The molecule has 1 heterocycles. The van der Waals surface area contributed by atoms with E-state index in [2.05, 4.69) is 9.93 Å². The summed E-state index contributed by atoms with van der Waals surface area (Å²) in [6, 6.07) is 16.2. The van der Waals surface area contributed by atoms with Gasteiger partial charge in [0.1, 0.15) is 5.69 Å². The van der Waals surface area contributed by atoms with E-state index in [9.17, 15) is 18.0 Å². The second kappa shape index (κ2) is 8.78. The van der Waals surface area contributed by atoms with Crippen molar-refractivity contribution >= 4 is 27.3 Å². The Morgan fingerprint density at radius 3 is 2.37 bits per heavy atom. The Bertz CT molecular complexity index is 1510. The van der Waals surface area contributed by atoms with Crippen molar-refractivity contribution in [2.45, 2.75) is 44.6 Å². The van der Waals surface area contributed by atoms with Gasteiger partial charge in [0, 0.05) is 23.4 Å². The monoisotopic (exact) mass is 487 g/mol. The van der Waals surface area contributed by atoms with Crippen LogP contribution in [0.5, 0.6) is 0 Å². The van der Waals surface area contributed by atoms with Gasteiger partial charge in [-0.15, -0.1) is 0 Å². The number of rotatable bonds is 5. The average molecular weight is 488 g/mol. The number of nitrogens with one attached hydrogen (secondary N) is 1. The van der Waals surface area contributed by atoms with Crippen molar-refractivity contribution in [2.75, 3.05) is 0 Å². The number of aromatic nitrogens is 1. The number of hydrogen-bond acceptors (Lipinski definition) is 5. The summed E-state index contributed by atoms with van der Waals surface area (Å²) >= 11 is 0. The molecule has 0 radical (unpaired) electrons. The molecular formula is C27H25N3O4S. The van der Waals surface area contributed by atoms with Gasteiger partial charge in [-0.25, -0.2) is 0 Å². The van der Waals surface area contributed by atoms with Crippen LogP contribution in [0.1, 0.15) is 63.0 Å². The fraction of sp³-hybridized carbons (Fsp3) is 0.222. The number of Topliss-reactive ketones (excluding diaryl/α,β-unsaturated/α-hetero) is 1. The van der Waals surface area contributed by atoms with Crippen molar-refractivity contribution in [1.82, 2.24) is 9.40 Å². The highest BCUT2D eigenvalue weighted by Crippen LogP contribution is 2.35. The van der Waals surface area contributed by atoms with Gasteiger partial charge in [-0.1, -0.05) is 48.0 Å². The second-order valence-corrected chi connectivity index (χ2v) is 10.6. The molecule has 1 aromatic heterocycles. The van der Waals surface area contributed by atoms with Crippen molar-refractivity contribution in [3.8, 4) is 0 Å². The third kappa shape index (κ3) is 4.14. The first-order chi connectivity index (χ1) is 16.8. The Kier molecular flexibility index (Phi) is 5.76. The summed E-state index contributed by atoms with van der Waals surface area (Å²) in [5.74, 6) is -0.444. The first-order valence-corrected chi connectivity index (χ1v) is 13.0. The summed E-state index contributed by atoms with van der Waals surface area (Å²) in [7, 11) is -3.88. The first-order valence-electron chi connectivity index (χ1n) is 11.5. The summed E-state index contributed by atoms with van der Waals surface area (Å²) in [5, 5.41) is 4.29. The number of aryl methyl sites for hydroxylation is 1. The molecule has 5 rings (SSSR count).